The summed E-state index contributed by atoms with van der Waals surface area (Å²) in [6, 6.07) is 3.14. The third-order valence-corrected chi connectivity index (χ3v) is 3.88. The molecule has 0 unspecified atom stereocenters. The Balaban J connectivity index is 2.45. The first kappa shape index (κ1) is 16.9. The Hall–Kier alpha value is -2.44. The number of carbonyl (C=O) groups excluding carboxylic acids is 2. The monoisotopic (exact) mass is 323 g/mol. The molecule has 0 saturated carbocycles. The molecule has 0 aromatic heterocycles. The fourth-order valence-corrected chi connectivity index (χ4v) is 2.51. The maximum absolute atomic E-state index is 12.9. The van der Waals surface area contributed by atoms with E-state index in [1.165, 1.54) is 26.2 Å². The molecule has 2 rings (SSSR count). The molecule has 1 aromatic rings. The summed E-state index contributed by atoms with van der Waals surface area (Å²) in [5.41, 5.74) is -0.683. The van der Waals surface area contributed by atoms with Gasteiger partial charge in [0, 0.05) is 5.56 Å². The minimum absolute atomic E-state index is 0.179. The summed E-state index contributed by atoms with van der Waals surface area (Å²) >= 11 is 0. The van der Waals surface area contributed by atoms with Crippen molar-refractivity contribution < 1.29 is 28.5 Å². The minimum Gasteiger partial charge on any atom is -0.493 e. The molecular formula is C16H21NO6. The maximum atomic E-state index is 12.9. The smallest absolute Gasteiger partial charge is 0.331 e. The number of rotatable bonds is 4. The van der Waals surface area contributed by atoms with Crippen LogP contribution in [0.2, 0.25) is 0 Å². The topological polar surface area (TPSA) is 74.3 Å². The van der Waals surface area contributed by atoms with Crippen molar-refractivity contribution in [3.8, 4) is 17.2 Å². The Morgan fingerprint density at radius 2 is 1.70 bits per heavy atom. The lowest BCUT2D eigenvalue weighted by molar-refractivity contribution is -0.162. The molecular weight excluding hydrogens is 302 g/mol. The number of hydrogen-bond acceptors (Lipinski definition) is 6. The van der Waals surface area contributed by atoms with Crippen LogP contribution in [-0.4, -0.2) is 56.8 Å². The predicted molar refractivity (Wildman–Crippen MR) is 82.2 cm³/mol. The highest BCUT2D eigenvalue weighted by Crippen LogP contribution is 2.39. The molecule has 0 atom stereocenters. The summed E-state index contributed by atoms with van der Waals surface area (Å²) in [7, 11) is 4.45. The van der Waals surface area contributed by atoms with E-state index in [-0.39, 0.29) is 12.5 Å². The van der Waals surface area contributed by atoms with Crippen LogP contribution in [0.5, 0.6) is 17.2 Å². The molecule has 1 saturated heterocycles. The second-order valence-corrected chi connectivity index (χ2v) is 5.57. The first-order valence-corrected chi connectivity index (χ1v) is 7.16. The molecule has 0 aliphatic carbocycles. The van der Waals surface area contributed by atoms with Gasteiger partial charge in [-0.25, -0.2) is 4.79 Å². The van der Waals surface area contributed by atoms with E-state index in [0.717, 1.165) is 0 Å². The second-order valence-electron chi connectivity index (χ2n) is 5.57. The lowest BCUT2D eigenvalue weighted by Gasteiger charge is -2.40. The SMILES string of the molecule is COc1cc(C(=O)N2CCOC(=O)C2(C)C)cc(OC)c1OC. The number of cyclic esters (lactones) is 1. The molecule has 1 aromatic carbocycles. The number of nitrogens with zero attached hydrogens (tertiary/aromatic N) is 1. The molecule has 7 heteroatoms. The van der Waals surface area contributed by atoms with E-state index in [0.29, 0.717) is 29.4 Å². The van der Waals surface area contributed by atoms with Crippen LogP contribution in [-0.2, 0) is 9.53 Å². The summed E-state index contributed by atoms with van der Waals surface area (Å²) in [5.74, 6) is 0.444. The Labute approximate surface area is 135 Å². The van der Waals surface area contributed by atoms with Crippen molar-refractivity contribution in [1.82, 2.24) is 4.90 Å². The van der Waals surface area contributed by atoms with Crippen molar-refractivity contribution in [2.24, 2.45) is 0 Å². The van der Waals surface area contributed by atoms with Crippen molar-refractivity contribution in [2.75, 3.05) is 34.5 Å². The van der Waals surface area contributed by atoms with E-state index in [1.54, 1.807) is 26.0 Å². The van der Waals surface area contributed by atoms with Crippen LogP contribution < -0.4 is 14.2 Å². The average Bonchev–Trinajstić information content (AvgIpc) is 2.55. The summed E-state index contributed by atoms with van der Waals surface area (Å²) in [4.78, 5) is 26.3. The zero-order chi connectivity index (χ0) is 17.2. The van der Waals surface area contributed by atoms with E-state index < -0.39 is 11.5 Å². The highest BCUT2D eigenvalue weighted by Gasteiger charge is 2.42. The van der Waals surface area contributed by atoms with E-state index in [2.05, 4.69) is 0 Å². The Kier molecular flexibility index (Phi) is 4.68. The van der Waals surface area contributed by atoms with Gasteiger partial charge in [0.2, 0.25) is 5.75 Å². The van der Waals surface area contributed by atoms with Crippen molar-refractivity contribution >= 4 is 11.9 Å². The Bertz CT molecular complexity index is 600. The van der Waals surface area contributed by atoms with Crippen LogP contribution in [0.15, 0.2) is 12.1 Å². The molecule has 1 fully saturated rings. The molecule has 0 N–H and O–H groups in total. The highest BCUT2D eigenvalue weighted by atomic mass is 16.5. The normalized spacial score (nSPS) is 16.6. The van der Waals surface area contributed by atoms with Gasteiger partial charge in [-0.2, -0.15) is 0 Å². The average molecular weight is 323 g/mol. The first-order valence-electron chi connectivity index (χ1n) is 7.16. The minimum atomic E-state index is -1.03. The third kappa shape index (κ3) is 2.91. The molecule has 0 radical (unpaired) electrons. The number of ether oxygens (including phenoxy) is 4. The van der Waals surface area contributed by atoms with Gasteiger partial charge in [0.25, 0.3) is 5.91 Å². The molecule has 7 nitrogen and oxygen atoms in total. The van der Waals surface area contributed by atoms with Gasteiger partial charge in [0.15, 0.2) is 11.5 Å². The fourth-order valence-electron chi connectivity index (χ4n) is 2.51. The van der Waals surface area contributed by atoms with Gasteiger partial charge in [-0.3, -0.25) is 4.79 Å². The van der Waals surface area contributed by atoms with Gasteiger partial charge in [0.05, 0.1) is 27.9 Å². The fraction of sp³-hybridized carbons (Fsp3) is 0.500. The molecule has 1 heterocycles. The molecule has 1 aliphatic heterocycles. The van der Waals surface area contributed by atoms with Crippen molar-refractivity contribution in [1.29, 1.82) is 0 Å². The zero-order valence-electron chi connectivity index (χ0n) is 14.0. The number of benzene rings is 1. The van der Waals surface area contributed by atoms with Gasteiger partial charge in [0.1, 0.15) is 12.1 Å². The van der Waals surface area contributed by atoms with Gasteiger partial charge < -0.3 is 23.8 Å². The number of hydrogen-bond donors (Lipinski definition) is 0. The summed E-state index contributed by atoms with van der Waals surface area (Å²) < 4.78 is 20.8. The third-order valence-electron chi connectivity index (χ3n) is 3.88. The summed E-state index contributed by atoms with van der Waals surface area (Å²) in [6.45, 7) is 3.82. The number of morpholine rings is 1. The van der Waals surface area contributed by atoms with E-state index in [1.807, 2.05) is 0 Å². The molecule has 1 aliphatic rings. The highest BCUT2D eigenvalue weighted by molar-refractivity contribution is 5.99. The van der Waals surface area contributed by atoms with Crippen LogP contribution in [0.25, 0.3) is 0 Å². The molecule has 1 amide bonds. The zero-order valence-corrected chi connectivity index (χ0v) is 14.0. The van der Waals surface area contributed by atoms with Crippen LogP contribution in [0.4, 0.5) is 0 Å². The number of carbonyl (C=O) groups is 2. The van der Waals surface area contributed by atoms with Crippen LogP contribution >= 0.6 is 0 Å². The lowest BCUT2D eigenvalue weighted by atomic mass is 9.99. The standard InChI is InChI=1S/C16H21NO6/c1-16(2)15(19)23-7-6-17(16)14(18)10-8-11(20-3)13(22-5)12(9-10)21-4/h8-9H,6-7H2,1-5H3. The van der Waals surface area contributed by atoms with Crippen LogP contribution in [0, 0.1) is 0 Å². The molecule has 0 spiro atoms. The summed E-state index contributed by atoms with van der Waals surface area (Å²) in [6.07, 6.45) is 0. The van der Waals surface area contributed by atoms with Crippen molar-refractivity contribution in [2.45, 2.75) is 19.4 Å². The molecule has 0 bridgehead atoms. The quantitative estimate of drug-likeness (QED) is 0.782. The molecule has 126 valence electrons. The first-order chi connectivity index (χ1) is 10.9. The van der Waals surface area contributed by atoms with E-state index in [9.17, 15) is 9.59 Å². The van der Waals surface area contributed by atoms with Crippen LogP contribution in [0.1, 0.15) is 24.2 Å². The predicted octanol–water partition coefficient (Wildman–Crippen LogP) is 1.49. The van der Waals surface area contributed by atoms with Gasteiger partial charge in [-0.15, -0.1) is 0 Å². The number of esters is 1. The van der Waals surface area contributed by atoms with E-state index in [4.69, 9.17) is 18.9 Å². The van der Waals surface area contributed by atoms with Gasteiger partial charge in [-0.1, -0.05) is 0 Å². The Morgan fingerprint density at radius 1 is 1.13 bits per heavy atom. The van der Waals surface area contributed by atoms with E-state index >= 15 is 0 Å². The number of amides is 1. The maximum Gasteiger partial charge on any atom is 0.331 e. The second kappa shape index (κ2) is 6.36. The lowest BCUT2D eigenvalue weighted by Crippen LogP contribution is -2.58. The Morgan fingerprint density at radius 3 is 2.17 bits per heavy atom. The summed E-state index contributed by atoms with van der Waals surface area (Å²) in [5, 5.41) is 0. The number of methoxy groups -OCH3 is 3. The van der Waals surface area contributed by atoms with Crippen molar-refractivity contribution in [3.63, 3.8) is 0 Å². The largest absolute Gasteiger partial charge is 0.493 e. The van der Waals surface area contributed by atoms with Crippen molar-refractivity contribution in [3.05, 3.63) is 17.7 Å². The van der Waals surface area contributed by atoms with Gasteiger partial charge in [-0.05, 0) is 26.0 Å². The van der Waals surface area contributed by atoms with Crippen LogP contribution in [0.3, 0.4) is 0 Å². The molecule has 23 heavy (non-hydrogen) atoms. The van der Waals surface area contributed by atoms with Gasteiger partial charge >= 0.3 is 5.97 Å².